The van der Waals surface area contributed by atoms with Crippen LogP contribution in [-0.4, -0.2) is 11.0 Å². The lowest BCUT2D eigenvalue weighted by Gasteiger charge is -2.07. The first-order chi connectivity index (χ1) is 5.31. The first-order valence-electron chi connectivity index (χ1n) is 4.60. The van der Waals surface area contributed by atoms with Crippen LogP contribution in [-0.2, 0) is 0 Å². The van der Waals surface area contributed by atoms with Crippen molar-refractivity contribution in [1.82, 2.24) is 0 Å². The molecule has 1 unspecified atom stereocenters. The molecule has 0 fully saturated rings. The molecule has 0 saturated carbocycles. The lowest BCUT2D eigenvalue weighted by molar-refractivity contribution is 0.618. The van der Waals surface area contributed by atoms with Crippen molar-refractivity contribution >= 4 is 25.3 Å². The van der Waals surface area contributed by atoms with E-state index in [1.165, 1.54) is 38.5 Å². The number of hydrogen-bond donors (Lipinski definition) is 2. The molecule has 68 valence electrons. The third kappa shape index (κ3) is 8.61. The fourth-order valence-electron chi connectivity index (χ4n) is 1.15. The minimum Gasteiger partial charge on any atom is -0.179 e. The lowest BCUT2D eigenvalue weighted by atomic mass is 10.1. The van der Waals surface area contributed by atoms with Crippen LogP contribution in [0.1, 0.15) is 45.4 Å². The van der Waals surface area contributed by atoms with Crippen LogP contribution in [0.2, 0.25) is 0 Å². The van der Waals surface area contributed by atoms with Gasteiger partial charge in [0.2, 0.25) is 0 Å². The standard InChI is InChI=1S/C9H20S2/c1-2-6-9(11)7-4-3-5-8-10/h9-11H,2-8H2,1H3. The minimum atomic E-state index is 0.639. The minimum absolute atomic E-state index is 0.639. The van der Waals surface area contributed by atoms with Crippen molar-refractivity contribution in [3.63, 3.8) is 0 Å². The second kappa shape index (κ2) is 8.79. The molecule has 0 aliphatic carbocycles. The summed E-state index contributed by atoms with van der Waals surface area (Å²) < 4.78 is 0. The zero-order chi connectivity index (χ0) is 8.53. The molecular formula is C9H20S2. The summed E-state index contributed by atoms with van der Waals surface area (Å²) in [5.74, 6) is 1.03. The average molecular weight is 192 g/mol. The Bertz CT molecular complexity index is 74.0. The van der Waals surface area contributed by atoms with Crippen molar-refractivity contribution in [1.29, 1.82) is 0 Å². The van der Waals surface area contributed by atoms with E-state index in [9.17, 15) is 0 Å². The molecule has 0 aromatic rings. The molecule has 0 aliphatic rings. The number of unbranched alkanes of at least 4 members (excludes halogenated alkanes) is 2. The molecule has 2 heteroatoms. The number of thiol groups is 2. The van der Waals surface area contributed by atoms with Crippen molar-refractivity contribution < 1.29 is 0 Å². The van der Waals surface area contributed by atoms with Gasteiger partial charge in [-0.1, -0.05) is 26.2 Å². The molecule has 0 heterocycles. The van der Waals surface area contributed by atoms with Gasteiger partial charge in [-0.05, 0) is 25.0 Å². The van der Waals surface area contributed by atoms with E-state index in [0.29, 0.717) is 5.25 Å². The molecular weight excluding hydrogens is 172 g/mol. The van der Waals surface area contributed by atoms with Crippen LogP contribution >= 0.6 is 25.3 Å². The molecule has 0 N–H and O–H groups in total. The predicted octanol–water partition coefficient (Wildman–Crippen LogP) is 3.58. The SMILES string of the molecule is CCCC(S)CCCCCS. The first kappa shape index (κ1) is 11.7. The van der Waals surface area contributed by atoms with Gasteiger partial charge >= 0.3 is 0 Å². The fourth-order valence-corrected chi connectivity index (χ4v) is 1.81. The van der Waals surface area contributed by atoms with Crippen molar-refractivity contribution in [2.75, 3.05) is 5.75 Å². The van der Waals surface area contributed by atoms with Gasteiger partial charge < -0.3 is 0 Å². The van der Waals surface area contributed by atoms with Crippen LogP contribution in [0.5, 0.6) is 0 Å². The molecule has 0 aromatic carbocycles. The van der Waals surface area contributed by atoms with Crippen molar-refractivity contribution in [2.45, 2.75) is 50.7 Å². The topological polar surface area (TPSA) is 0 Å². The van der Waals surface area contributed by atoms with E-state index in [1.807, 2.05) is 0 Å². The Labute approximate surface area is 82.0 Å². The largest absolute Gasteiger partial charge is 0.179 e. The highest BCUT2D eigenvalue weighted by molar-refractivity contribution is 7.81. The second-order valence-corrected chi connectivity index (χ2v) is 4.19. The smallest absolute Gasteiger partial charge is 0.00167 e. The summed E-state index contributed by atoms with van der Waals surface area (Å²) in [6.07, 6.45) is 7.73. The van der Waals surface area contributed by atoms with Gasteiger partial charge in [-0.15, -0.1) is 0 Å². The van der Waals surface area contributed by atoms with E-state index in [4.69, 9.17) is 0 Å². The van der Waals surface area contributed by atoms with E-state index in [2.05, 4.69) is 32.2 Å². The zero-order valence-corrected chi connectivity index (χ0v) is 9.21. The molecule has 0 rings (SSSR count). The van der Waals surface area contributed by atoms with Crippen molar-refractivity contribution in [3.05, 3.63) is 0 Å². The third-order valence-corrected chi connectivity index (χ3v) is 2.65. The summed E-state index contributed by atoms with van der Waals surface area (Å²) >= 11 is 8.66. The number of hydrogen-bond acceptors (Lipinski definition) is 2. The van der Waals surface area contributed by atoms with Crippen LogP contribution in [0.25, 0.3) is 0 Å². The summed E-state index contributed by atoms with van der Waals surface area (Å²) in [6.45, 7) is 2.22. The van der Waals surface area contributed by atoms with Gasteiger partial charge in [0.25, 0.3) is 0 Å². The molecule has 0 spiro atoms. The molecule has 0 saturated heterocycles. The second-order valence-electron chi connectivity index (χ2n) is 3.02. The Kier molecular flexibility index (Phi) is 9.35. The van der Waals surface area contributed by atoms with Crippen LogP contribution in [0, 0.1) is 0 Å². The Hall–Kier alpha value is 0.700. The molecule has 1 atom stereocenters. The highest BCUT2D eigenvalue weighted by Gasteiger charge is 1.99. The Morgan fingerprint density at radius 3 is 2.36 bits per heavy atom. The van der Waals surface area contributed by atoms with E-state index in [1.54, 1.807) is 0 Å². The lowest BCUT2D eigenvalue weighted by Crippen LogP contribution is -1.97. The fraction of sp³-hybridized carbons (Fsp3) is 1.00. The van der Waals surface area contributed by atoms with Crippen molar-refractivity contribution in [2.24, 2.45) is 0 Å². The molecule has 0 bridgehead atoms. The molecule has 0 radical (unpaired) electrons. The van der Waals surface area contributed by atoms with Crippen LogP contribution in [0.15, 0.2) is 0 Å². The Balaban J connectivity index is 2.97. The summed E-state index contributed by atoms with van der Waals surface area (Å²) in [5.41, 5.74) is 0. The molecule has 0 aromatic heterocycles. The Morgan fingerprint density at radius 2 is 1.82 bits per heavy atom. The maximum atomic E-state index is 4.49. The van der Waals surface area contributed by atoms with E-state index >= 15 is 0 Å². The zero-order valence-electron chi connectivity index (χ0n) is 7.42. The maximum Gasteiger partial charge on any atom is 0.00167 e. The van der Waals surface area contributed by atoms with Gasteiger partial charge in [0, 0.05) is 5.25 Å². The summed E-state index contributed by atoms with van der Waals surface area (Å²) in [6, 6.07) is 0. The van der Waals surface area contributed by atoms with E-state index in [0.717, 1.165) is 5.75 Å². The summed E-state index contributed by atoms with van der Waals surface area (Å²) in [7, 11) is 0. The van der Waals surface area contributed by atoms with Gasteiger partial charge in [-0.25, -0.2) is 0 Å². The van der Waals surface area contributed by atoms with Gasteiger partial charge in [0.1, 0.15) is 0 Å². The highest BCUT2D eigenvalue weighted by Crippen LogP contribution is 2.13. The Morgan fingerprint density at radius 1 is 1.09 bits per heavy atom. The molecule has 0 nitrogen and oxygen atoms in total. The quantitative estimate of drug-likeness (QED) is 0.447. The van der Waals surface area contributed by atoms with Gasteiger partial charge in [0.15, 0.2) is 0 Å². The van der Waals surface area contributed by atoms with Gasteiger partial charge in [0.05, 0.1) is 0 Å². The third-order valence-electron chi connectivity index (χ3n) is 1.82. The highest BCUT2D eigenvalue weighted by atomic mass is 32.1. The van der Waals surface area contributed by atoms with Crippen LogP contribution in [0.4, 0.5) is 0 Å². The first-order valence-corrected chi connectivity index (χ1v) is 5.75. The van der Waals surface area contributed by atoms with Crippen molar-refractivity contribution in [3.8, 4) is 0 Å². The maximum absolute atomic E-state index is 4.49. The normalized spacial score (nSPS) is 13.4. The summed E-state index contributed by atoms with van der Waals surface area (Å²) in [4.78, 5) is 0. The molecule has 0 aliphatic heterocycles. The monoisotopic (exact) mass is 192 g/mol. The van der Waals surface area contributed by atoms with Crippen LogP contribution < -0.4 is 0 Å². The van der Waals surface area contributed by atoms with Gasteiger partial charge in [-0.3, -0.25) is 0 Å². The van der Waals surface area contributed by atoms with Gasteiger partial charge in [-0.2, -0.15) is 25.3 Å². The number of rotatable bonds is 7. The predicted molar refractivity (Wildman–Crippen MR) is 60.0 cm³/mol. The average Bonchev–Trinajstić information content (AvgIpc) is 1.99. The molecule has 11 heavy (non-hydrogen) atoms. The van der Waals surface area contributed by atoms with E-state index in [-0.39, 0.29) is 0 Å². The summed E-state index contributed by atoms with van der Waals surface area (Å²) in [5, 5.41) is 0.639. The molecule has 0 amide bonds. The van der Waals surface area contributed by atoms with E-state index < -0.39 is 0 Å². The van der Waals surface area contributed by atoms with Crippen LogP contribution in [0.3, 0.4) is 0 Å².